The summed E-state index contributed by atoms with van der Waals surface area (Å²) in [5.41, 5.74) is 0.472. The third kappa shape index (κ3) is 4.29. The number of pyridine rings is 2. The zero-order valence-corrected chi connectivity index (χ0v) is 17.8. The summed E-state index contributed by atoms with van der Waals surface area (Å²) in [7, 11) is 0. The van der Waals surface area contributed by atoms with E-state index in [9.17, 15) is 26.7 Å². The normalized spacial score (nSPS) is 22.4. The highest BCUT2D eigenvalue weighted by Crippen LogP contribution is 2.37. The molecule has 7 nitrogen and oxygen atoms in total. The van der Waals surface area contributed by atoms with Crippen molar-refractivity contribution < 1.29 is 26.7 Å². The monoisotopic (exact) mass is 480 g/mol. The van der Waals surface area contributed by atoms with E-state index in [0.717, 1.165) is 0 Å². The molecule has 1 aliphatic heterocycles. The smallest absolute Gasteiger partial charge is 0.252 e. The van der Waals surface area contributed by atoms with Gasteiger partial charge in [0, 0.05) is 43.3 Å². The maximum atomic E-state index is 14.7. The molecule has 5 rings (SSSR count). The van der Waals surface area contributed by atoms with Crippen LogP contribution in [0.1, 0.15) is 29.6 Å². The maximum absolute atomic E-state index is 14.7. The lowest BCUT2D eigenvalue weighted by Crippen LogP contribution is -2.50. The highest BCUT2D eigenvalue weighted by atomic mass is 19.3. The summed E-state index contributed by atoms with van der Waals surface area (Å²) in [6.07, 6.45) is 1.03. The molecule has 34 heavy (non-hydrogen) atoms. The molecular weight excluding hydrogens is 459 g/mol. The second-order valence-corrected chi connectivity index (χ2v) is 8.63. The highest BCUT2D eigenvalue weighted by molar-refractivity contribution is 5.95. The van der Waals surface area contributed by atoms with Crippen LogP contribution in [0.5, 0.6) is 0 Å². The van der Waals surface area contributed by atoms with Gasteiger partial charge in [-0.25, -0.2) is 31.9 Å². The SMILES string of the molecule is O=C(NC1CC(F)(F)C1)c1ccn2c(-c3nc(N[C@@H]4CNCC[C@H]4F)c(F)cc3F)cnc2c1. The van der Waals surface area contributed by atoms with Crippen LogP contribution in [0.3, 0.4) is 0 Å². The zero-order valence-electron chi connectivity index (χ0n) is 17.8. The summed E-state index contributed by atoms with van der Waals surface area (Å²) in [4.78, 5) is 20.6. The van der Waals surface area contributed by atoms with Gasteiger partial charge in [0.1, 0.15) is 17.5 Å². The number of piperidine rings is 1. The molecule has 1 aliphatic carbocycles. The maximum Gasteiger partial charge on any atom is 0.252 e. The Labute approximate surface area is 190 Å². The number of nitrogens with one attached hydrogen (secondary N) is 3. The Balaban J connectivity index is 1.40. The molecule has 0 radical (unpaired) electrons. The first-order valence-corrected chi connectivity index (χ1v) is 10.8. The van der Waals surface area contributed by atoms with Gasteiger partial charge in [-0.2, -0.15) is 0 Å². The van der Waals surface area contributed by atoms with Crippen molar-refractivity contribution in [2.45, 2.75) is 43.4 Å². The van der Waals surface area contributed by atoms with Crippen LogP contribution in [0.2, 0.25) is 0 Å². The van der Waals surface area contributed by atoms with Crippen LogP contribution in [0.15, 0.2) is 30.6 Å². The third-order valence-corrected chi connectivity index (χ3v) is 6.09. The molecule has 2 fully saturated rings. The van der Waals surface area contributed by atoms with Crippen molar-refractivity contribution in [1.82, 2.24) is 25.0 Å². The number of anilines is 1. The van der Waals surface area contributed by atoms with Crippen molar-refractivity contribution in [3.05, 3.63) is 47.8 Å². The van der Waals surface area contributed by atoms with Gasteiger partial charge >= 0.3 is 0 Å². The van der Waals surface area contributed by atoms with E-state index in [-0.39, 0.29) is 41.4 Å². The van der Waals surface area contributed by atoms with Crippen LogP contribution < -0.4 is 16.0 Å². The van der Waals surface area contributed by atoms with E-state index in [1.807, 2.05) is 0 Å². The first-order valence-electron chi connectivity index (χ1n) is 10.8. The van der Waals surface area contributed by atoms with E-state index in [0.29, 0.717) is 12.6 Å². The molecule has 180 valence electrons. The van der Waals surface area contributed by atoms with E-state index in [1.54, 1.807) is 0 Å². The topological polar surface area (TPSA) is 83.4 Å². The summed E-state index contributed by atoms with van der Waals surface area (Å²) in [6.45, 7) is 0.785. The van der Waals surface area contributed by atoms with Crippen molar-refractivity contribution >= 4 is 17.4 Å². The number of amides is 1. The molecule has 2 aliphatic rings. The zero-order chi connectivity index (χ0) is 24.0. The van der Waals surface area contributed by atoms with Crippen molar-refractivity contribution in [2.24, 2.45) is 0 Å². The van der Waals surface area contributed by atoms with Crippen LogP contribution in [0.4, 0.5) is 27.8 Å². The van der Waals surface area contributed by atoms with Gasteiger partial charge in [0.25, 0.3) is 11.8 Å². The summed E-state index contributed by atoms with van der Waals surface area (Å²) >= 11 is 0. The van der Waals surface area contributed by atoms with Gasteiger partial charge in [0.05, 0.1) is 17.9 Å². The average Bonchev–Trinajstić information content (AvgIpc) is 3.19. The van der Waals surface area contributed by atoms with Gasteiger partial charge in [-0.3, -0.25) is 9.20 Å². The molecule has 2 atom stereocenters. The number of alkyl halides is 3. The molecule has 0 unspecified atom stereocenters. The van der Waals surface area contributed by atoms with Gasteiger partial charge in [0.2, 0.25) is 0 Å². The van der Waals surface area contributed by atoms with Crippen LogP contribution in [0.25, 0.3) is 17.0 Å². The first kappa shape index (κ1) is 22.5. The van der Waals surface area contributed by atoms with Crippen LogP contribution in [0, 0.1) is 11.6 Å². The number of rotatable bonds is 5. The number of hydrogen-bond donors (Lipinski definition) is 3. The average molecular weight is 480 g/mol. The van der Waals surface area contributed by atoms with Gasteiger partial charge in [0.15, 0.2) is 17.5 Å². The predicted molar refractivity (Wildman–Crippen MR) is 114 cm³/mol. The molecule has 0 aromatic carbocycles. The number of carbonyl (C=O) groups is 1. The Hall–Kier alpha value is -3.28. The Morgan fingerprint density at radius 1 is 1.21 bits per heavy atom. The molecule has 3 aromatic rings. The van der Waals surface area contributed by atoms with Crippen molar-refractivity contribution in [2.75, 3.05) is 18.4 Å². The fourth-order valence-electron chi connectivity index (χ4n) is 4.22. The molecule has 3 N–H and O–H groups in total. The fraction of sp³-hybridized carbons (Fsp3) is 0.409. The number of hydrogen-bond acceptors (Lipinski definition) is 5. The minimum Gasteiger partial charge on any atom is -0.361 e. The molecular formula is C22H21F5N6O. The van der Waals surface area contributed by atoms with Gasteiger partial charge in [-0.05, 0) is 25.1 Å². The van der Waals surface area contributed by atoms with Gasteiger partial charge in [-0.15, -0.1) is 0 Å². The second-order valence-electron chi connectivity index (χ2n) is 8.63. The van der Waals surface area contributed by atoms with E-state index >= 15 is 0 Å². The molecule has 12 heteroatoms. The Bertz CT molecular complexity index is 1240. The second kappa shape index (κ2) is 8.49. The number of halogens is 5. The number of aromatic nitrogens is 3. The lowest BCUT2D eigenvalue weighted by molar-refractivity contribution is -0.0901. The summed E-state index contributed by atoms with van der Waals surface area (Å²) in [5.74, 6) is -5.44. The van der Waals surface area contributed by atoms with Crippen LogP contribution in [-0.2, 0) is 0 Å². The Morgan fingerprint density at radius 2 is 2.00 bits per heavy atom. The summed E-state index contributed by atoms with van der Waals surface area (Å²) in [6, 6.07) is 2.22. The summed E-state index contributed by atoms with van der Waals surface area (Å²) in [5, 5.41) is 8.26. The number of fused-ring (bicyclic) bond motifs is 1. The van der Waals surface area contributed by atoms with Crippen molar-refractivity contribution in [3.8, 4) is 11.4 Å². The molecule has 4 heterocycles. The fourth-order valence-corrected chi connectivity index (χ4v) is 4.22. The highest BCUT2D eigenvalue weighted by Gasteiger charge is 2.46. The molecule has 1 saturated carbocycles. The molecule has 1 saturated heterocycles. The minimum absolute atomic E-state index is 0.194. The van der Waals surface area contributed by atoms with Crippen molar-refractivity contribution in [3.63, 3.8) is 0 Å². The Kier molecular flexibility index (Phi) is 5.62. The first-order chi connectivity index (χ1) is 16.2. The third-order valence-electron chi connectivity index (χ3n) is 6.09. The minimum atomic E-state index is -2.75. The van der Waals surface area contributed by atoms with Crippen LogP contribution in [-0.4, -0.2) is 57.5 Å². The lowest BCUT2D eigenvalue weighted by atomic mass is 9.88. The summed E-state index contributed by atoms with van der Waals surface area (Å²) < 4.78 is 70.6. The molecule has 1 amide bonds. The van der Waals surface area contributed by atoms with Gasteiger partial charge < -0.3 is 16.0 Å². The molecule has 0 bridgehead atoms. The largest absolute Gasteiger partial charge is 0.361 e. The number of imidazole rings is 1. The number of nitrogens with zero attached hydrogens (tertiary/aromatic N) is 3. The quantitative estimate of drug-likeness (QED) is 0.488. The van der Waals surface area contributed by atoms with E-state index in [4.69, 9.17) is 0 Å². The predicted octanol–water partition coefficient (Wildman–Crippen LogP) is 3.31. The van der Waals surface area contributed by atoms with Crippen molar-refractivity contribution in [1.29, 1.82) is 0 Å². The Morgan fingerprint density at radius 3 is 2.74 bits per heavy atom. The standard InChI is InChI=1S/C22H21F5N6O/c23-13-1-3-28-9-16(13)31-20-15(25)6-14(24)19(32-20)17-10-29-18-5-11(2-4-33(17)18)21(34)30-12-7-22(26,27)8-12/h2,4-6,10,12-13,16,28H,1,3,7-9H2,(H,30,34)(H,31,32)/t13-,16-/m1/s1. The van der Waals surface area contributed by atoms with Gasteiger partial charge in [-0.1, -0.05) is 0 Å². The lowest BCUT2D eigenvalue weighted by Gasteiger charge is -2.35. The van der Waals surface area contributed by atoms with E-state index in [1.165, 1.54) is 28.9 Å². The molecule has 0 spiro atoms. The van der Waals surface area contributed by atoms with E-state index < -0.39 is 54.6 Å². The van der Waals surface area contributed by atoms with Crippen LogP contribution >= 0.6 is 0 Å². The molecule has 3 aromatic heterocycles. The van der Waals surface area contributed by atoms with E-state index in [2.05, 4.69) is 25.9 Å². The number of carbonyl (C=O) groups excluding carboxylic acids is 1.